The molecule has 0 aromatic heterocycles. The molecule has 108 valence electrons. The van der Waals surface area contributed by atoms with E-state index in [1.807, 2.05) is 19.1 Å². The molecule has 5 heteroatoms. The third-order valence-corrected chi connectivity index (χ3v) is 3.19. The molecule has 20 heavy (non-hydrogen) atoms. The van der Waals surface area contributed by atoms with Crippen molar-refractivity contribution in [2.24, 2.45) is 0 Å². The van der Waals surface area contributed by atoms with Crippen LogP contribution in [0, 0.1) is 0 Å². The minimum atomic E-state index is -0.517. The molecule has 0 radical (unpaired) electrons. The summed E-state index contributed by atoms with van der Waals surface area (Å²) in [6.07, 6.45) is 2.08. The lowest BCUT2D eigenvalue weighted by Gasteiger charge is -2.14. The Labute approximate surface area is 119 Å². The number of hydrogen-bond donors (Lipinski definition) is 3. The summed E-state index contributed by atoms with van der Waals surface area (Å²) in [5.41, 5.74) is 1.53. The van der Waals surface area contributed by atoms with Crippen LogP contribution < -0.4 is 16.0 Å². The lowest BCUT2D eigenvalue weighted by molar-refractivity contribution is -0.122. The first-order chi connectivity index (χ1) is 9.60. The van der Waals surface area contributed by atoms with Gasteiger partial charge in [-0.1, -0.05) is 0 Å². The highest BCUT2D eigenvalue weighted by Crippen LogP contribution is 2.18. The number of nitrogens with one attached hydrogen (secondary N) is 3. The van der Waals surface area contributed by atoms with Gasteiger partial charge in [-0.25, -0.2) is 0 Å². The molecule has 1 unspecified atom stereocenters. The highest BCUT2D eigenvalue weighted by atomic mass is 16.2. The topological polar surface area (TPSA) is 70.2 Å². The molecule has 2 amide bonds. The van der Waals surface area contributed by atoms with Gasteiger partial charge in [-0.15, -0.1) is 0 Å². The molecular formula is C15H21N3O2. The summed E-state index contributed by atoms with van der Waals surface area (Å²) in [5, 5.41) is 8.75. The van der Waals surface area contributed by atoms with Gasteiger partial charge in [0.05, 0.1) is 0 Å². The van der Waals surface area contributed by atoms with E-state index in [0.717, 1.165) is 25.1 Å². The third kappa shape index (κ3) is 3.98. The monoisotopic (exact) mass is 275 g/mol. The lowest BCUT2D eigenvalue weighted by Crippen LogP contribution is -2.45. The number of benzene rings is 1. The molecule has 1 saturated carbocycles. The fraction of sp³-hybridized carbons (Fsp3) is 0.467. The second kappa shape index (κ2) is 6.41. The summed E-state index contributed by atoms with van der Waals surface area (Å²) < 4.78 is 0. The second-order valence-corrected chi connectivity index (χ2v) is 5.09. The third-order valence-electron chi connectivity index (χ3n) is 3.19. The summed E-state index contributed by atoms with van der Waals surface area (Å²) in [4.78, 5) is 23.8. The van der Waals surface area contributed by atoms with E-state index in [1.54, 1.807) is 19.1 Å². The number of hydrogen-bond acceptors (Lipinski definition) is 3. The summed E-state index contributed by atoms with van der Waals surface area (Å²) in [6.45, 7) is 4.55. The van der Waals surface area contributed by atoms with Gasteiger partial charge in [-0.3, -0.25) is 9.59 Å². The standard InChI is InChI=1S/C15H21N3O2/c1-3-16-12-6-4-11(5-7-12)15(20)17-10(2)14(19)18-13-8-9-13/h4-7,10,13,16H,3,8-9H2,1-2H3,(H,17,20)(H,18,19). The highest BCUT2D eigenvalue weighted by Gasteiger charge is 2.26. The normalized spacial score (nSPS) is 15.3. The number of carbonyl (C=O) groups is 2. The molecule has 1 aliphatic carbocycles. The molecule has 0 saturated heterocycles. The maximum absolute atomic E-state index is 12.0. The SMILES string of the molecule is CCNc1ccc(C(=O)NC(C)C(=O)NC2CC2)cc1. The molecule has 2 rings (SSSR count). The lowest BCUT2D eigenvalue weighted by atomic mass is 10.1. The van der Waals surface area contributed by atoms with Crippen molar-refractivity contribution in [3.05, 3.63) is 29.8 Å². The van der Waals surface area contributed by atoms with E-state index in [4.69, 9.17) is 0 Å². The van der Waals surface area contributed by atoms with Crippen LogP contribution >= 0.6 is 0 Å². The van der Waals surface area contributed by atoms with Gasteiger partial charge in [-0.05, 0) is 51.0 Å². The maximum atomic E-state index is 12.0. The van der Waals surface area contributed by atoms with Gasteiger partial charge < -0.3 is 16.0 Å². The fourth-order valence-electron chi connectivity index (χ4n) is 1.84. The zero-order chi connectivity index (χ0) is 14.5. The van der Waals surface area contributed by atoms with Crippen LogP contribution in [0.3, 0.4) is 0 Å². The average molecular weight is 275 g/mol. The Hall–Kier alpha value is -2.04. The van der Waals surface area contributed by atoms with Gasteiger partial charge in [0.2, 0.25) is 5.91 Å². The number of carbonyl (C=O) groups excluding carboxylic acids is 2. The Morgan fingerprint density at radius 3 is 2.45 bits per heavy atom. The predicted octanol–water partition coefficient (Wildman–Crippen LogP) is 1.52. The van der Waals surface area contributed by atoms with Crippen molar-refractivity contribution in [1.82, 2.24) is 10.6 Å². The van der Waals surface area contributed by atoms with Crippen molar-refractivity contribution in [1.29, 1.82) is 0 Å². The van der Waals surface area contributed by atoms with Gasteiger partial charge in [0.25, 0.3) is 5.91 Å². The van der Waals surface area contributed by atoms with Crippen LogP contribution in [-0.4, -0.2) is 30.4 Å². The van der Waals surface area contributed by atoms with E-state index >= 15 is 0 Å². The summed E-state index contributed by atoms with van der Waals surface area (Å²) in [7, 11) is 0. The van der Waals surface area contributed by atoms with Crippen LogP contribution in [0.2, 0.25) is 0 Å². The number of anilines is 1. The molecule has 1 fully saturated rings. The van der Waals surface area contributed by atoms with Crippen LogP contribution in [0.25, 0.3) is 0 Å². The molecule has 0 heterocycles. The minimum Gasteiger partial charge on any atom is -0.385 e. The Balaban J connectivity index is 1.87. The molecule has 0 bridgehead atoms. The van der Waals surface area contributed by atoms with Gasteiger partial charge in [0.15, 0.2) is 0 Å². The van der Waals surface area contributed by atoms with E-state index in [2.05, 4.69) is 16.0 Å². The van der Waals surface area contributed by atoms with Crippen LogP contribution in [-0.2, 0) is 4.79 Å². The molecule has 0 aliphatic heterocycles. The second-order valence-electron chi connectivity index (χ2n) is 5.09. The highest BCUT2D eigenvalue weighted by molar-refractivity contribution is 5.97. The van der Waals surface area contributed by atoms with Crippen molar-refractivity contribution < 1.29 is 9.59 Å². The van der Waals surface area contributed by atoms with E-state index < -0.39 is 6.04 Å². The molecule has 0 spiro atoms. The average Bonchev–Trinajstić information content (AvgIpc) is 3.23. The Morgan fingerprint density at radius 1 is 1.25 bits per heavy atom. The van der Waals surface area contributed by atoms with Gasteiger partial charge >= 0.3 is 0 Å². The first-order valence-electron chi connectivity index (χ1n) is 7.05. The Bertz CT molecular complexity index is 480. The molecular weight excluding hydrogens is 254 g/mol. The molecule has 1 aromatic rings. The molecule has 5 nitrogen and oxygen atoms in total. The van der Waals surface area contributed by atoms with E-state index in [-0.39, 0.29) is 11.8 Å². The van der Waals surface area contributed by atoms with Crippen LogP contribution in [0.5, 0.6) is 0 Å². The zero-order valence-electron chi connectivity index (χ0n) is 11.9. The van der Waals surface area contributed by atoms with Crippen molar-refractivity contribution >= 4 is 17.5 Å². The molecule has 1 atom stereocenters. The van der Waals surface area contributed by atoms with Crippen molar-refractivity contribution in [2.75, 3.05) is 11.9 Å². The van der Waals surface area contributed by atoms with Crippen LogP contribution in [0.1, 0.15) is 37.0 Å². The summed E-state index contributed by atoms with van der Waals surface area (Å²) in [5.74, 6) is -0.350. The zero-order valence-corrected chi connectivity index (χ0v) is 11.9. The fourth-order valence-corrected chi connectivity index (χ4v) is 1.84. The van der Waals surface area contributed by atoms with Gasteiger partial charge in [0.1, 0.15) is 6.04 Å². The number of amides is 2. The van der Waals surface area contributed by atoms with Crippen LogP contribution in [0.15, 0.2) is 24.3 Å². The van der Waals surface area contributed by atoms with Crippen LogP contribution in [0.4, 0.5) is 5.69 Å². The maximum Gasteiger partial charge on any atom is 0.251 e. The van der Waals surface area contributed by atoms with Crippen molar-refractivity contribution in [3.63, 3.8) is 0 Å². The van der Waals surface area contributed by atoms with Crippen molar-refractivity contribution in [2.45, 2.75) is 38.8 Å². The quantitative estimate of drug-likeness (QED) is 0.737. The largest absolute Gasteiger partial charge is 0.385 e. The predicted molar refractivity (Wildman–Crippen MR) is 78.7 cm³/mol. The van der Waals surface area contributed by atoms with E-state index in [1.165, 1.54) is 0 Å². The van der Waals surface area contributed by atoms with E-state index in [0.29, 0.717) is 11.6 Å². The Morgan fingerprint density at radius 2 is 1.90 bits per heavy atom. The van der Waals surface area contributed by atoms with Crippen molar-refractivity contribution in [3.8, 4) is 0 Å². The first kappa shape index (κ1) is 14.4. The Kier molecular flexibility index (Phi) is 4.61. The van der Waals surface area contributed by atoms with E-state index in [9.17, 15) is 9.59 Å². The minimum absolute atomic E-state index is 0.120. The molecule has 1 aliphatic rings. The molecule has 1 aromatic carbocycles. The van der Waals surface area contributed by atoms with Gasteiger partial charge in [0, 0.05) is 23.8 Å². The first-order valence-corrected chi connectivity index (χ1v) is 7.05. The van der Waals surface area contributed by atoms with Gasteiger partial charge in [-0.2, -0.15) is 0 Å². The summed E-state index contributed by atoms with van der Waals surface area (Å²) in [6, 6.07) is 7.00. The summed E-state index contributed by atoms with van der Waals surface area (Å²) >= 11 is 0. The number of rotatable bonds is 6. The molecule has 3 N–H and O–H groups in total. The smallest absolute Gasteiger partial charge is 0.251 e.